The maximum atomic E-state index is 11.6. The van der Waals surface area contributed by atoms with Gasteiger partial charge in [-0.1, -0.05) is 25.7 Å². The van der Waals surface area contributed by atoms with Gasteiger partial charge < -0.3 is 15.2 Å². The summed E-state index contributed by atoms with van der Waals surface area (Å²) in [6, 6.07) is -0.844. The van der Waals surface area contributed by atoms with Crippen molar-refractivity contribution in [2.45, 2.75) is 64.5 Å². The van der Waals surface area contributed by atoms with Crippen LogP contribution < -0.4 is 5.32 Å². The number of amides is 1. The molecular formula is C13H23NO4. The molecule has 5 nitrogen and oxygen atoms in total. The van der Waals surface area contributed by atoms with Gasteiger partial charge in [-0.3, -0.25) is 0 Å². The summed E-state index contributed by atoms with van der Waals surface area (Å²) in [5, 5.41) is 11.5. The summed E-state index contributed by atoms with van der Waals surface area (Å²) in [7, 11) is 0. The van der Waals surface area contributed by atoms with Crippen molar-refractivity contribution >= 4 is 12.1 Å². The molecule has 1 aliphatic rings. The Bertz CT molecular complexity index is 303. The van der Waals surface area contributed by atoms with Crippen molar-refractivity contribution in [3.05, 3.63) is 0 Å². The summed E-state index contributed by atoms with van der Waals surface area (Å²) in [4.78, 5) is 22.7. The van der Waals surface area contributed by atoms with Gasteiger partial charge in [0.05, 0.1) is 0 Å². The summed E-state index contributed by atoms with van der Waals surface area (Å²) >= 11 is 0. The van der Waals surface area contributed by atoms with E-state index in [1.165, 1.54) is 0 Å². The van der Waals surface area contributed by atoms with Crippen molar-refractivity contribution in [3.63, 3.8) is 0 Å². The van der Waals surface area contributed by atoms with Gasteiger partial charge in [0.25, 0.3) is 0 Å². The predicted molar refractivity (Wildman–Crippen MR) is 67.4 cm³/mol. The lowest BCUT2D eigenvalue weighted by atomic mass is 9.98. The summed E-state index contributed by atoms with van der Waals surface area (Å²) in [5.41, 5.74) is -0.611. The van der Waals surface area contributed by atoms with E-state index in [-0.39, 0.29) is 0 Å². The van der Waals surface area contributed by atoms with Crippen LogP contribution in [0.3, 0.4) is 0 Å². The third-order valence-electron chi connectivity index (χ3n) is 3.03. The van der Waals surface area contributed by atoms with Crippen LogP contribution >= 0.6 is 0 Å². The van der Waals surface area contributed by atoms with Crippen molar-refractivity contribution < 1.29 is 19.4 Å². The van der Waals surface area contributed by atoms with Gasteiger partial charge in [-0.2, -0.15) is 0 Å². The third kappa shape index (κ3) is 5.38. The maximum absolute atomic E-state index is 11.6. The Hall–Kier alpha value is -1.26. The number of aliphatic carboxylic acids is 1. The Balaban J connectivity index is 2.46. The molecule has 0 bridgehead atoms. The van der Waals surface area contributed by atoms with Crippen molar-refractivity contribution in [3.8, 4) is 0 Å². The molecular weight excluding hydrogens is 234 g/mol. The Morgan fingerprint density at radius 2 is 1.89 bits per heavy atom. The highest BCUT2D eigenvalue weighted by Gasteiger charge is 2.27. The average Bonchev–Trinajstić information content (AvgIpc) is 2.66. The molecule has 104 valence electrons. The molecule has 0 aromatic carbocycles. The van der Waals surface area contributed by atoms with E-state index in [1.807, 2.05) is 0 Å². The molecule has 18 heavy (non-hydrogen) atoms. The van der Waals surface area contributed by atoms with Crippen LogP contribution in [0.25, 0.3) is 0 Å². The van der Waals surface area contributed by atoms with Gasteiger partial charge in [-0.15, -0.1) is 0 Å². The second-order valence-corrected chi connectivity index (χ2v) is 5.92. The standard InChI is InChI=1S/C13H23NO4/c1-13(2,3)18-12(17)14-10(11(15)16)8-9-6-4-5-7-9/h9-10H,4-8H2,1-3H3,(H,14,17)(H,15,16). The molecule has 1 saturated carbocycles. The van der Waals surface area contributed by atoms with Gasteiger partial charge in [0, 0.05) is 0 Å². The zero-order chi connectivity index (χ0) is 13.8. The van der Waals surface area contributed by atoms with E-state index in [0.717, 1.165) is 25.7 Å². The molecule has 1 amide bonds. The maximum Gasteiger partial charge on any atom is 0.408 e. The van der Waals surface area contributed by atoms with Crippen LogP contribution in [0.4, 0.5) is 4.79 Å². The second kappa shape index (κ2) is 6.07. The smallest absolute Gasteiger partial charge is 0.408 e. The van der Waals surface area contributed by atoms with Crippen molar-refractivity contribution in [2.24, 2.45) is 5.92 Å². The van der Waals surface area contributed by atoms with E-state index in [4.69, 9.17) is 9.84 Å². The Morgan fingerprint density at radius 1 is 1.33 bits per heavy atom. The quantitative estimate of drug-likeness (QED) is 0.811. The van der Waals surface area contributed by atoms with E-state index < -0.39 is 23.7 Å². The van der Waals surface area contributed by atoms with Gasteiger partial charge in [0.15, 0.2) is 0 Å². The number of alkyl carbamates (subject to hydrolysis) is 1. The van der Waals surface area contributed by atoms with Crippen molar-refractivity contribution in [2.75, 3.05) is 0 Å². The topological polar surface area (TPSA) is 75.6 Å². The fraction of sp³-hybridized carbons (Fsp3) is 0.846. The molecule has 5 heteroatoms. The summed E-state index contributed by atoms with van der Waals surface area (Å²) in [6.45, 7) is 5.25. The minimum Gasteiger partial charge on any atom is -0.480 e. The first-order valence-electron chi connectivity index (χ1n) is 6.50. The van der Waals surface area contributed by atoms with Crippen LogP contribution in [-0.4, -0.2) is 28.8 Å². The van der Waals surface area contributed by atoms with Crippen LogP contribution in [0.5, 0.6) is 0 Å². The second-order valence-electron chi connectivity index (χ2n) is 5.92. The number of nitrogens with one attached hydrogen (secondary N) is 1. The lowest BCUT2D eigenvalue weighted by Crippen LogP contribution is -2.44. The molecule has 0 aromatic heterocycles. The first-order chi connectivity index (χ1) is 8.28. The van der Waals surface area contributed by atoms with Crippen LogP contribution in [0.2, 0.25) is 0 Å². The van der Waals surface area contributed by atoms with Gasteiger partial charge in [-0.25, -0.2) is 9.59 Å². The molecule has 0 spiro atoms. The van der Waals surface area contributed by atoms with E-state index in [9.17, 15) is 9.59 Å². The number of carboxylic acid groups (broad SMARTS) is 1. The molecule has 0 radical (unpaired) electrons. The number of rotatable bonds is 4. The van der Waals surface area contributed by atoms with Crippen LogP contribution in [-0.2, 0) is 9.53 Å². The summed E-state index contributed by atoms with van der Waals surface area (Å²) in [5.74, 6) is -0.589. The molecule has 0 aliphatic heterocycles. The SMILES string of the molecule is CC(C)(C)OC(=O)NC(CC1CCCC1)C(=O)O. The number of carboxylic acids is 1. The third-order valence-corrected chi connectivity index (χ3v) is 3.03. The largest absolute Gasteiger partial charge is 0.480 e. The zero-order valence-electron chi connectivity index (χ0n) is 11.4. The molecule has 1 fully saturated rings. The number of carbonyl (C=O) groups is 2. The molecule has 0 saturated heterocycles. The molecule has 2 N–H and O–H groups in total. The minimum atomic E-state index is -0.993. The fourth-order valence-electron chi connectivity index (χ4n) is 2.25. The zero-order valence-corrected chi connectivity index (χ0v) is 11.4. The molecule has 1 aliphatic carbocycles. The Morgan fingerprint density at radius 3 is 2.33 bits per heavy atom. The summed E-state index contributed by atoms with van der Waals surface area (Å²) in [6.07, 6.45) is 4.26. The Kier molecular flexibility index (Phi) is 4.99. The molecule has 1 rings (SSSR count). The van der Waals surface area contributed by atoms with E-state index in [1.54, 1.807) is 20.8 Å². The van der Waals surface area contributed by atoms with Gasteiger partial charge in [0.1, 0.15) is 11.6 Å². The number of carbonyl (C=O) groups excluding carboxylic acids is 1. The van der Waals surface area contributed by atoms with E-state index in [2.05, 4.69) is 5.32 Å². The monoisotopic (exact) mass is 257 g/mol. The average molecular weight is 257 g/mol. The minimum absolute atomic E-state index is 0.404. The van der Waals surface area contributed by atoms with Crippen LogP contribution in [0.15, 0.2) is 0 Å². The Labute approximate surface area is 108 Å². The van der Waals surface area contributed by atoms with Gasteiger partial charge >= 0.3 is 12.1 Å². The lowest BCUT2D eigenvalue weighted by molar-refractivity contribution is -0.140. The fourth-order valence-corrected chi connectivity index (χ4v) is 2.25. The van der Waals surface area contributed by atoms with Gasteiger partial charge in [0.2, 0.25) is 0 Å². The molecule has 0 aromatic rings. The highest BCUT2D eigenvalue weighted by Crippen LogP contribution is 2.28. The molecule has 0 heterocycles. The molecule has 1 atom stereocenters. The molecule has 1 unspecified atom stereocenters. The van der Waals surface area contributed by atoms with Crippen LogP contribution in [0.1, 0.15) is 52.9 Å². The van der Waals surface area contributed by atoms with Gasteiger partial charge in [-0.05, 0) is 33.1 Å². The first-order valence-corrected chi connectivity index (χ1v) is 6.50. The van der Waals surface area contributed by atoms with Crippen molar-refractivity contribution in [1.82, 2.24) is 5.32 Å². The highest BCUT2D eigenvalue weighted by molar-refractivity contribution is 5.80. The first kappa shape index (κ1) is 14.8. The van der Waals surface area contributed by atoms with Crippen molar-refractivity contribution in [1.29, 1.82) is 0 Å². The van der Waals surface area contributed by atoms with Crippen LogP contribution in [0, 0.1) is 5.92 Å². The number of hydrogen-bond donors (Lipinski definition) is 2. The normalized spacial score (nSPS) is 18.4. The summed E-state index contributed by atoms with van der Waals surface area (Å²) < 4.78 is 5.07. The van der Waals surface area contributed by atoms with E-state index >= 15 is 0 Å². The lowest BCUT2D eigenvalue weighted by Gasteiger charge is -2.23. The van der Waals surface area contributed by atoms with E-state index in [0.29, 0.717) is 12.3 Å². The predicted octanol–water partition coefficient (Wildman–Crippen LogP) is 2.54. The number of hydrogen-bond acceptors (Lipinski definition) is 3. The number of ether oxygens (including phenoxy) is 1. The highest BCUT2D eigenvalue weighted by atomic mass is 16.6.